The molecule has 5 rings (SSSR count). The molecule has 0 saturated carbocycles. The summed E-state index contributed by atoms with van der Waals surface area (Å²) in [5, 5.41) is 17.6. The largest absolute Gasteiger partial charge is 0.446 e. The van der Waals surface area contributed by atoms with E-state index >= 15 is 0 Å². The minimum Gasteiger partial charge on any atom is -0.446 e. The van der Waals surface area contributed by atoms with Crippen molar-refractivity contribution < 1.29 is 14.5 Å². The molecule has 0 bridgehead atoms. The lowest BCUT2D eigenvalue weighted by molar-refractivity contribution is -0.384. The molecule has 0 saturated heterocycles. The van der Waals surface area contributed by atoms with Crippen LogP contribution in [-0.2, 0) is 9.53 Å². The van der Waals surface area contributed by atoms with E-state index in [0.717, 1.165) is 16.5 Å². The predicted octanol–water partition coefficient (Wildman–Crippen LogP) is 6.04. The molecular weight excluding hydrogens is 480 g/mol. The molecule has 1 aliphatic rings. The van der Waals surface area contributed by atoms with Crippen LogP contribution >= 0.6 is 11.6 Å². The summed E-state index contributed by atoms with van der Waals surface area (Å²) < 4.78 is 6.09. The van der Waals surface area contributed by atoms with E-state index in [1.54, 1.807) is 6.08 Å². The van der Waals surface area contributed by atoms with Gasteiger partial charge in [0.15, 0.2) is 0 Å². The Morgan fingerprint density at radius 2 is 1.81 bits per heavy atom. The fourth-order valence-electron chi connectivity index (χ4n) is 3.74. The highest BCUT2D eigenvalue weighted by molar-refractivity contribution is 6.30. The van der Waals surface area contributed by atoms with Gasteiger partial charge in [0.25, 0.3) is 11.6 Å². The molecule has 1 unspecified atom stereocenters. The molecule has 178 valence electrons. The summed E-state index contributed by atoms with van der Waals surface area (Å²) in [6.07, 6.45) is 2.12. The van der Waals surface area contributed by atoms with E-state index in [0.29, 0.717) is 16.6 Å². The third-order valence-corrected chi connectivity index (χ3v) is 5.96. The number of non-ortho nitro benzene ring substituents is 1. The standard InChI is InChI=1S/C27H19ClN4O4/c1-17-6-8-18(9-7-17)10-15-24(33)31-27(22-16-20-4-2-3-5-23(20)29-25(22)28)36-26(30-31)19-11-13-21(14-12-19)32(34)35/h2-16,27H,1H3/b15-10+. The number of amides is 1. The van der Waals surface area contributed by atoms with Gasteiger partial charge in [0.1, 0.15) is 5.15 Å². The highest BCUT2D eigenvalue weighted by atomic mass is 35.5. The number of hydrazone groups is 1. The van der Waals surface area contributed by atoms with Gasteiger partial charge in [0.05, 0.1) is 16.0 Å². The van der Waals surface area contributed by atoms with E-state index in [1.165, 1.54) is 35.4 Å². The monoisotopic (exact) mass is 498 g/mol. The van der Waals surface area contributed by atoms with E-state index in [1.807, 2.05) is 61.5 Å². The summed E-state index contributed by atoms with van der Waals surface area (Å²) in [6, 6.07) is 22.7. The van der Waals surface area contributed by atoms with Crippen LogP contribution in [0.5, 0.6) is 0 Å². The van der Waals surface area contributed by atoms with Crippen LogP contribution in [0.1, 0.15) is 28.5 Å². The summed E-state index contributed by atoms with van der Waals surface area (Å²) in [5.74, 6) is -0.294. The van der Waals surface area contributed by atoms with Gasteiger partial charge in [-0.05, 0) is 42.8 Å². The molecule has 0 N–H and O–H groups in total. The van der Waals surface area contributed by atoms with Crippen molar-refractivity contribution in [1.82, 2.24) is 9.99 Å². The number of halogens is 1. The quantitative estimate of drug-likeness (QED) is 0.145. The number of ether oxygens (including phenoxy) is 1. The van der Waals surface area contributed by atoms with Gasteiger partial charge in [-0.3, -0.25) is 14.9 Å². The van der Waals surface area contributed by atoms with E-state index in [2.05, 4.69) is 10.1 Å². The van der Waals surface area contributed by atoms with Crippen LogP contribution in [0.3, 0.4) is 0 Å². The van der Waals surface area contributed by atoms with Crippen molar-refractivity contribution in [3.8, 4) is 0 Å². The maximum atomic E-state index is 13.3. The molecule has 2 heterocycles. The van der Waals surface area contributed by atoms with Gasteiger partial charge in [-0.1, -0.05) is 59.6 Å². The first-order chi connectivity index (χ1) is 17.4. The maximum Gasteiger partial charge on any atom is 0.270 e. The van der Waals surface area contributed by atoms with Gasteiger partial charge in [0.2, 0.25) is 12.1 Å². The SMILES string of the molecule is Cc1ccc(/C=C/C(=O)N2N=C(c3ccc([N+](=O)[O-])cc3)OC2c2cc3ccccc3nc2Cl)cc1. The Morgan fingerprint density at radius 1 is 1.08 bits per heavy atom. The minimum atomic E-state index is -0.977. The van der Waals surface area contributed by atoms with Crippen LogP contribution < -0.4 is 0 Å². The number of aromatic nitrogens is 1. The number of carbonyl (C=O) groups is 1. The lowest BCUT2D eigenvalue weighted by Crippen LogP contribution is -2.26. The Bertz CT molecular complexity index is 1530. The first kappa shape index (κ1) is 23.2. The van der Waals surface area contributed by atoms with Gasteiger partial charge < -0.3 is 4.74 Å². The number of hydrogen-bond acceptors (Lipinski definition) is 6. The number of para-hydroxylation sites is 1. The summed E-state index contributed by atoms with van der Waals surface area (Å²) in [7, 11) is 0. The molecule has 1 amide bonds. The second-order valence-corrected chi connectivity index (χ2v) is 8.53. The normalized spacial score (nSPS) is 15.2. The van der Waals surface area contributed by atoms with Crippen LogP contribution in [0, 0.1) is 17.0 Å². The van der Waals surface area contributed by atoms with Gasteiger partial charge in [-0.2, -0.15) is 5.01 Å². The number of fused-ring (bicyclic) bond motifs is 1. The first-order valence-corrected chi connectivity index (χ1v) is 11.4. The molecule has 8 nitrogen and oxygen atoms in total. The van der Waals surface area contributed by atoms with Gasteiger partial charge in [-0.25, -0.2) is 4.98 Å². The zero-order chi connectivity index (χ0) is 25.2. The third kappa shape index (κ3) is 4.67. The second-order valence-electron chi connectivity index (χ2n) is 8.17. The highest BCUT2D eigenvalue weighted by Gasteiger charge is 2.36. The zero-order valence-electron chi connectivity index (χ0n) is 19.0. The fourth-order valence-corrected chi connectivity index (χ4v) is 3.98. The molecule has 36 heavy (non-hydrogen) atoms. The number of nitro benzene ring substituents is 1. The van der Waals surface area contributed by atoms with Crippen molar-refractivity contribution >= 4 is 46.1 Å². The van der Waals surface area contributed by atoms with Crippen LogP contribution in [0.25, 0.3) is 17.0 Å². The van der Waals surface area contributed by atoms with Crippen molar-refractivity contribution in [1.29, 1.82) is 0 Å². The summed E-state index contributed by atoms with van der Waals surface area (Å²) in [5.41, 5.74) is 3.56. The Balaban J connectivity index is 1.52. The van der Waals surface area contributed by atoms with E-state index in [4.69, 9.17) is 16.3 Å². The van der Waals surface area contributed by atoms with Crippen molar-refractivity contribution in [3.63, 3.8) is 0 Å². The lowest BCUT2D eigenvalue weighted by atomic mass is 10.1. The topological polar surface area (TPSA) is 97.9 Å². The van der Waals surface area contributed by atoms with Crippen LogP contribution in [0.4, 0.5) is 5.69 Å². The summed E-state index contributed by atoms with van der Waals surface area (Å²) >= 11 is 6.52. The fraction of sp³-hybridized carbons (Fsp3) is 0.0741. The Kier molecular flexibility index (Phi) is 6.18. The van der Waals surface area contributed by atoms with Crippen LogP contribution in [-0.4, -0.2) is 26.7 Å². The Labute approximate surface area is 211 Å². The van der Waals surface area contributed by atoms with Crippen LogP contribution in [0.15, 0.2) is 90.0 Å². The van der Waals surface area contributed by atoms with Crippen molar-refractivity contribution in [2.24, 2.45) is 5.10 Å². The van der Waals surface area contributed by atoms with Gasteiger partial charge in [0, 0.05) is 29.2 Å². The zero-order valence-corrected chi connectivity index (χ0v) is 19.8. The highest BCUT2D eigenvalue weighted by Crippen LogP contribution is 2.35. The molecule has 0 spiro atoms. The molecule has 9 heteroatoms. The summed E-state index contributed by atoms with van der Waals surface area (Å²) in [6.45, 7) is 1.99. The minimum absolute atomic E-state index is 0.0652. The van der Waals surface area contributed by atoms with Crippen molar-refractivity contribution in [3.05, 3.63) is 122 Å². The van der Waals surface area contributed by atoms with E-state index < -0.39 is 17.1 Å². The molecular formula is C27H19ClN4O4. The van der Waals surface area contributed by atoms with Gasteiger partial charge >= 0.3 is 0 Å². The number of aryl methyl sites for hydroxylation is 1. The Morgan fingerprint density at radius 3 is 2.53 bits per heavy atom. The smallest absolute Gasteiger partial charge is 0.270 e. The summed E-state index contributed by atoms with van der Waals surface area (Å²) in [4.78, 5) is 28.2. The first-order valence-electron chi connectivity index (χ1n) is 11.0. The Hall–Kier alpha value is -4.56. The number of hydrogen-bond donors (Lipinski definition) is 0. The molecule has 1 aromatic heterocycles. The number of nitro groups is 1. The van der Waals surface area contributed by atoms with Crippen LogP contribution in [0.2, 0.25) is 5.15 Å². The molecule has 4 aromatic rings. The van der Waals surface area contributed by atoms with Crippen molar-refractivity contribution in [2.45, 2.75) is 13.2 Å². The molecule has 1 aliphatic heterocycles. The van der Waals surface area contributed by atoms with E-state index in [-0.39, 0.29) is 16.7 Å². The molecule has 0 fully saturated rings. The third-order valence-electron chi connectivity index (χ3n) is 5.66. The molecule has 0 radical (unpaired) electrons. The second kappa shape index (κ2) is 9.59. The van der Waals surface area contributed by atoms with Crippen molar-refractivity contribution in [2.75, 3.05) is 0 Å². The van der Waals surface area contributed by atoms with E-state index in [9.17, 15) is 14.9 Å². The number of benzene rings is 3. The molecule has 1 atom stereocenters. The average molecular weight is 499 g/mol. The predicted molar refractivity (Wildman–Crippen MR) is 137 cm³/mol. The number of rotatable bonds is 5. The molecule has 3 aromatic carbocycles. The number of carbonyl (C=O) groups excluding carboxylic acids is 1. The average Bonchev–Trinajstić information content (AvgIpc) is 3.33. The maximum absolute atomic E-state index is 13.3. The molecule has 0 aliphatic carbocycles. The lowest BCUT2D eigenvalue weighted by Gasteiger charge is -2.20. The number of nitrogens with zero attached hydrogens (tertiary/aromatic N) is 4. The van der Waals surface area contributed by atoms with Gasteiger partial charge in [-0.15, -0.1) is 5.10 Å². The number of pyridine rings is 1.